The number of amides is 1. The molecule has 1 aliphatic heterocycles. The van der Waals surface area contributed by atoms with Crippen LogP contribution in [0.25, 0.3) is 10.8 Å². The Bertz CT molecular complexity index is 1320. The molecule has 2 aromatic heterocycles. The van der Waals surface area contributed by atoms with E-state index in [9.17, 15) is 19.5 Å². The van der Waals surface area contributed by atoms with E-state index in [0.29, 0.717) is 31.9 Å². The molecule has 1 saturated heterocycles. The normalized spacial score (nSPS) is 15.4. The average Bonchev–Trinajstić information content (AvgIpc) is 2.95. The lowest BCUT2D eigenvalue weighted by Crippen LogP contribution is -2.46. The third kappa shape index (κ3) is 7.41. The fraction of sp³-hybridized carbons (Fsp3) is 0.429. The smallest absolute Gasteiger partial charge is 0.323 e. The molecule has 1 amide bonds. The van der Waals surface area contributed by atoms with E-state index in [4.69, 9.17) is 14.6 Å². The van der Waals surface area contributed by atoms with Crippen LogP contribution >= 0.6 is 0 Å². The van der Waals surface area contributed by atoms with Gasteiger partial charge < -0.3 is 34.1 Å². The minimum Gasteiger partial charge on any atom is -0.480 e. The Balaban J connectivity index is 1.53. The summed E-state index contributed by atoms with van der Waals surface area (Å²) in [6.07, 6.45) is 6.60. The van der Waals surface area contributed by atoms with E-state index >= 15 is 0 Å². The van der Waals surface area contributed by atoms with E-state index < -0.39 is 18.1 Å². The zero-order valence-corrected chi connectivity index (χ0v) is 21.8. The van der Waals surface area contributed by atoms with Crippen LogP contribution in [0, 0.1) is 5.92 Å². The molecule has 0 aliphatic carbocycles. The van der Waals surface area contributed by atoms with Crippen molar-refractivity contribution in [1.29, 1.82) is 0 Å². The van der Waals surface area contributed by atoms with Crippen molar-refractivity contribution in [3.8, 4) is 0 Å². The third-order valence-electron chi connectivity index (χ3n) is 6.68. The number of aliphatic carboxylic acids is 1. The molecule has 2 N–H and O–H groups in total. The number of carbonyl (C=O) groups excluding carboxylic acids is 1. The van der Waals surface area contributed by atoms with Crippen molar-refractivity contribution < 1.29 is 29.3 Å². The molecule has 0 radical (unpaired) electrons. The summed E-state index contributed by atoms with van der Waals surface area (Å²) in [6.45, 7) is 2.02. The molecule has 1 fully saturated rings. The maximum absolute atomic E-state index is 13.9. The molecule has 3 heterocycles. The second kappa shape index (κ2) is 13.8. The minimum absolute atomic E-state index is 0.0679. The summed E-state index contributed by atoms with van der Waals surface area (Å²) in [4.78, 5) is 45.6. The van der Waals surface area contributed by atoms with Crippen molar-refractivity contribution >= 4 is 34.0 Å². The molecule has 0 saturated carbocycles. The number of hydrogen-bond acceptors (Lipinski definition) is 8. The van der Waals surface area contributed by atoms with Gasteiger partial charge in [0, 0.05) is 48.9 Å². The van der Waals surface area contributed by atoms with Gasteiger partial charge in [0.25, 0.3) is 5.56 Å². The van der Waals surface area contributed by atoms with Crippen LogP contribution in [0.5, 0.6) is 0 Å². The molecule has 208 valence electrons. The molecule has 3 aromatic rings. The van der Waals surface area contributed by atoms with Gasteiger partial charge in [0.05, 0.1) is 56.5 Å². The average molecular weight is 539 g/mol. The molecule has 1 aromatic carbocycles. The number of benzene rings is 1. The topological polar surface area (TPSA) is 134 Å². The number of fused-ring (bicyclic) bond motifs is 1. The van der Waals surface area contributed by atoms with Gasteiger partial charge in [0.2, 0.25) is 5.91 Å². The van der Waals surface area contributed by atoms with Gasteiger partial charge >= 0.3 is 5.97 Å². The van der Waals surface area contributed by atoms with Crippen molar-refractivity contribution in [3.05, 3.63) is 65.3 Å². The van der Waals surface area contributed by atoms with Gasteiger partial charge in [-0.25, -0.2) is 0 Å². The number of carbonyl (C=O) groups is 2. The minimum atomic E-state index is -1.15. The van der Waals surface area contributed by atoms with E-state index in [2.05, 4.69) is 16.0 Å². The Morgan fingerprint density at radius 1 is 1.05 bits per heavy atom. The van der Waals surface area contributed by atoms with Crippen LogP contribution in [-0.4, -0.2) is 84.3 Å². The first kappa shape index (κ1) is 28.2. The molecule has 11 nitrogen and oxygen atoms in total. The first-order chi connectivity index (χ1) is 19.0. The Morgan fingerprint density at radius 3 is 2.64 bits per heavy atom. The van der Waals surface area contributed by atoms with Crippen LogP contribution in [-0.2, 0) is 25.6 Å². The Hall–Kier alpha value is -3.80. The summed E-state index contributed by atoms with van der Waals surface area (Å²) >= 11 is 0. The summed E-state index contributed by atoms with van der Waals surface area (Å²) in [5.74, 6) is -1.58. The molecule has 4 rings (SSSR count). The molecule has 11 heteroatoms. The van der Waals surface area contributed by atoms with Gasteiger partial charge in [-0.2, -0.15) is 0 Å². The molecule has 0 unspecified atom stereocenters. The molecule has 0 bridgehead atoms. The van der Waals surface area contributed by atoms with E-state index in [0.717, 1.165) is 34.0 Å². The van der Waals surface area contributed by atoms with Crippen molar-refractivity contribution in [1.82, 2.24) is 9.55 Å². The number of carboxylic acids is 1. The Kier molecular flexibility index (Phi) is 10.0. The molecule has 1 aliphatic rings. The quantitative estimate of drug-likeness (QED) is 0.312. The summed E-state index contributed by atoms with van der Waals surface area (Å²) in [6, 6.07) is 10.8. The Labute approximate surface area is 226 Å². The molecule has 1 atom stereocenters. The highest BCUT2D eigenvalue weighted by molar-refractivity contribution is 5.96. The number of anilines is 2. The predicted octanol–water partition coefficient (Wildman–Crippen LogP) is 1.76. The van der Waals surface area contributed by atoms with E-state index in [1.807, 2.05) is 30.6 Å². The summed E-state index contributed by atoms with van der Waals surface area (Å²) in [7, 11) is 0. The number of aromatic nitrogens is 2. The standard InChI is InChI=1S/C28H34N4O7/c33-11-13-39-15-14-38-12-10-32(23-7-8-26(34)31(19-23)20-27(35)36)28(37)22-5-3-9-30(18-22)25-17-29-16-21-4-1-2-6-24(21)25/h1-2,4,6-8,16-17,19,22,33H,3,5,9-15,18,20H2,(H,35,36)/t22-/m0/s1. The van der Waals surface area contributed by atoms with Gasteiger partial charge in [-0.1, -0.05) is 24.3 Å². The van der Waals surface area contributed by atoms with Crippen molar-refractivity contribution in [2.45, 2.75) is 19.4 Å². The van der Waals surface area contributed by atoms with E-state index in [-0.39, 0.29) is 38.2 Å². The summed E-state index contributed by atoms with van der Waals surface area (Å²) in [5.41, 5.74) is 0.960. The number of aliphatic hydroxyl groups is 1. The SMILES string of the molecule is O=C(O)Cn1cc(N(CCOCCOCCO)C(=O)[C@H]2CCCN(c3cncc4ccccc34)C2)ccc1=O. The van der Waals surface area contributed by atoms with Crippen LogP contribution in [0.2, 0.25) is 0 Å². The summed E-state index contributed by atoms with van der Waals surface area (Å²) in [5, 5.41) is 20.1. The van der Waals surface area contributed by atoms with Gasteiger partial charge in [0.15, 0.2) is 0 Å². The van der Waals surface area contributed by atoms with Gasteiger partial charge in [-0.15, -0.1) is 0 Å². The lowest BCUT2D eigenvalue weighted by atomic mass is 9.95. The Morgan fingerprint density at radius 2 is 1.85 bits per heavy atom. The van der Waals surface area contributed by atoms with E-state index in [1.54, 1.807) is 4.90 Å². The zero-order chi connectivity index (χ0) is 27.6. The lowest BCUT2D eigenvalue weighted by molar-refractivity contribution is -0.137. The maximum Gasteiger partial charge on any atom is 0.323 e. The fourth-order valence-corrected chi connectivity index (χ4v) is 4.83. The molecule has 0 spiro atoms. The van der Waals surface area contributed by atoms with Gasteiger partial charge in [-0.05, 0) is 18.9 Å². The zero-order valence-electron chi connectivity index (χ0n) is 21.8. The summed E-state index contributed by atoms with van der Waals surface area (Å²) < 4.78 is 11.9. The molecule has 39 heavy (non-hydrogen) atoms. The highest BCUT2D eigenvalue weighted by Gasteiger charge is 2.31. The van der Waals surface area contributed by atoms with Gasteiger partial charge in [0.1, 0.15) is 6.54 Å². The predicted molar refractivity (Wildman–Crippen MR) is 146 cm³/mol. The first-order valence-electron chi connectivity index (χ1n) is 13.1. The number of pyridine rings is 2. The van der Waals surface area contributed by atoms with Crippen molar-refractivity contribution in [2.24, 2.45) is 5.92 Å². The van der Waals surface area contributed by atoms with Crippen molar-refractivity contribution in [2.75, 3.05) is 62.5 Å². The van der Waals surface area contributed by atoms with Crippen LogP contribution in [0.1, 0.15) is 12.8 Å². The van der Waals surface area contributed by atoms with Crippen LogP contribution in [0.3, 0.4) is 0 Å². The second-order valence-corrected chi connectivity index (χ2v) is 9.35. The monoisotopic (exact) mass is 538 g/mol. The number of ether oxygens (including phenoxy) is 2. The number of piperidine rings is 1. The molecular weight excluding hydrogens is 504 g/mol. The van der Waals surface area contributed by atoms with E-state index in [1.165, 1.54) is 18.3 Å². The van der Waals surface area contributed by atoms with Crippen LogP contribution < -0.4 is 15.4 Å². The highest BCUT2D eigenvalue weighted by Crippen LogP contribution is 2.30. The third-order valence-corrected chi connectivity index (χ3v) is 6.68. The van der Waals surface area contributed by atoms with Crippen LogP contribution in [0.15, 0.2) is 59.8 Å². The number of rotatable bonds is 13. The number of hydrogen-bond donors (Lipinski definition) is 2. The number of nitrogens with zero attached hydrogens (tertiary/aromatic N) is 4. The largest absolute Gasteiger partial charge is 0.480 e. The highest BCUT2D eigenvalue weighted by atomic mass is 16.5. The second-order valence-electron chi connectivity index (χ2n) is 9.35. The maximum atomic E-state index is 13.9. The fourth-order valence-electron chi connectivity index (χ4n) is 4.83. The van der Waals surface area contributed by atoms with Crippen molar-refractivity contribution in [3.63, 3.8) is 0 Å². The first-order valence-corrected chi connectivity index (χ1v) is 13.1. The lowest BCUT2D eigenvalue weighted by Gasteiger charge is -2.36. The molecular formula is C28H34N4O7. The number of carboxylic acid groups (broad SMARTS) is 1. The van der Waals surface area contributed by atoms with Crippen LogP contribution in [0.4, 0.5) is 11.4 Å². The number of aliphatic hydroxyl groups excluding tert-OH is 1. The van der Waals surface area contributed by atoms with Gasteiger partial charge in [-0.3, -0.25) is 19.4 Å².